The summed E-state index contributed by atoms with van der Waals surface area (Å²) in [6.07, 6.45) is 3.62. The molecule has 0 saturated carbocycles. The summed E-state index contributed by atoms with van der Waals surface area (Å²) in [6.45, 7) is 1.43. The van der Waals surface area contributed by atoms with Crippen LogP contribution in [0.15, 0.2) is 41.1 Å². The maximum atomic E-state index is 5.44. The van der Waals surface area contributed by atoms with Crippen molar-refractivity contribution in [2.24, 2.45) is 0 Å². The Hall–Kier alpha value is -1.59. The number of nitrogens with one attached hydrogen (secondary N) is 1. The van der Waals surface area contributed by atoms with E-state index in [4.69, 9.17) is 9.47 Å². The minimum Gasteiger partial charge on any atom is -0.493 e. The lowest BCUT2D eigenvalue weighted by Crippen LogP contribution is -2.14. The van der Waals surface area contributed by atoms with Gasteiger partial charge in [-0.05, 0) is 23.8 Å². The standard InChI is InChI=1S/C15H17BrN2O2/c1-19-14-6-5-13(16)12(15(14)20-2)10-18-9-11-4-3-7-17-8-11/h3-8,18H,9-10H2,1-2H3. The molecule has 0 bridgehead atoms. The number of pyridine rings is 1. The van der Waals surface area contributed by atoms with Crippen LogP contribution in [0.3, 0.4) is 0 Å². The van der Waals surface area contributed by atoms with Gasteiger partial charge in [0.1, 0.15) is 0 Å². The van der Waals surface area contributed by atoms with Crippen LogP contribution in [-0.4, -0.2) is 19.2 Å². The molecule has 0 aliphatic carbocycles. The average molecular weight is 337 g/mol. The van der Waals surface area contributed by atoms with Crippen molar-refractivity contribution in [3.63, 3.8) is 0 Å². The molecule has 5 heteroatoms. The second-order valence-corrected chi connectivity index (χ2v) is 5.08. The number of methoxy groups -OCH3 is 2. The SMILES string of the molecule is COc1ccc(Br)c(CNCc2cccnc2)c1OC. The zero-order valence-corrected chi connectivity index (χ0v) is 13.1. The summed E-state index contributed by atoms with van der Waals surface area (Å²) in [7, 11) is 3.29. The van der Waals surface area contributed by atoms with Gasteiger partial charge in [-0.25, -0.2) is 0 Å². The van der Waals surface area contributed by atoms with Gasteiger partial charge in [-0.15, -0.1) is 0 Å². The molecule has 2 aromatic rings. The van der Waals surface area contributed by atoms with Crippen LogP contribution in [0.2, 0.25) is 0 Å². The number of halogens is 1. The van der Waals surface area contributed by atoms with Crippen LogP contribution in [0.25, 0.3) is 0 Å². The molecule has 0 unspecified atom stereocenters. The van der Waals surface area contributed by atoms with Gasteiger partial charge in [-0.1, -0.05) is 22.0 Å². The first-order chi connectivity index (χ1) is 9.76. The molecule has 0 aliphatic heterocycles. The van der Waals surface area contributed by atoms with Gasteiger partial charge in [0.25, 0.3) is 0 Å². The summed E-state index contributed by atoms with van der Waals surface area (Å²) in [4.78, 5) is 4.10. The van der Waals surface area contributed by atoms with E-state index in [-0.39, 0.29) is 0 Å². The normalized spacial score (nSPS) is 10.3. The van der Waals surface area contributed by atoms with Gasteiger partial charge in [0.05, 0.1) is 14.2 Å². The van der Waals surface area contributed by atoms with E-state index < -0.39 is 0 Å². The van der Waals surface area contributed by atoms with E-state index in [0.29, 0.717) is 6.54 Å². The summed E-state index contributed by atoms with van der Waals surface area (Å²) >= 11 is 3.55. The third-order valence-corrected chi connectivity index (χ3v) is 3.69. The van der Waals surface area contributed by atoms with E-state index in [1.54, 1.807) is 20.4 Å². The Morgan fingerprint density at radius 3 is 2.65 bits per heavy atom. The van der Waals surface area contributed by atoms with Gasteiger partial charge in [-0.3, -0.25) is 4.98 Å². The highest BCUT2D eigenvalue weighted by Gasteiger charge is 2.13. The predicted octanol–water partition coefficient (Wildman–Crippen LogP) is 3.15. The number of rotatable bonds is 6. The van der Waals surface area contributed by atoms with Crippen molar-refractivity contribution in [1.82, 2.24) is 10.3 Å². The molecule has 0 radical (unpaired) electrons. The lowest BCUT2D eigenvalue weighted by molar-refractivity contribution is 0.350. The smallest absolute Gasteiger partial charge is 0.166 e. The molecule has 0 atom stereocenters. The van der Waals surface area contributed by atoms with Crippen LogP contribution in [0.4, 0.5) is 0 Å². The Morgan fingerprint density at radius 1 is 1.15 bits per heavy atom. The molecule has 2 rings (SSSR count). The van der Waals surface area contributed by atoms with Crippen molar-refractivity contribution in [3.05, 3.63) is 52.3 Å². The summed E-state index contributed by atoms with van der Waals surface area (Å²) < 4.78 is 11.8. The Balaban J connectivity index is 2.09. The van der Waals surface area contributed by atoms with Crippen LogP contribution < -0.4 is 14.8 Å². The third-order valence-electron chi connectivity index (χ3n) is 2.94. The quantitative estimate of drug-likeness (QED) is 0.879. The van der Waals surface area contributed by atoms with Crippen molar-refractivity contribution in [2.45, 2.75) is 13.1 Å². The maximum absolute atomic E-state index is 5.44. The van der Waals surface area contributed by atoms with Crippen LogP contribution in [-0.2, 0) is 13.1 Å². The maximum Gasteiger partial charge on any atom is 0.166 e. The fraction of sp³-hybridized carbons (Fsp3) is 0.267. The number of nitrogens with zero attached hydrogens (tertiary/aromatic N) is 1. The van der Waals surface area contributed by atoms with E-state index in [0.717, 1.165) is 33.6 Å². The minimum absolute atomic E-state index is 0.676. The molecule has 1 N–H and O–H groups in total. The molecule has 20 heavy (non-hydrogen) atoms. The van der Waals surface area contributed by atoms with Crippen molar-refractivity contribution >= 4 is 15.9 Å². The van der Waals surface area contributed by atoms with Crippen molar-refractivity contribution < 1.29 is 9.47 Å². The van der Waals surface area contributed by atoms with Gasteiger partial charge in [0.2, 0.25) is 0 Å². The predicted molar refractivity (Wildman–Crippen MR) is 82.0 cm³/mol. The first-order valence-corrected chi connectivity index (χ1v) is 7.04. The monoisotopic (exact) mass is 336 g/mol. The Bertz CT molecular complexity index is 561. The number of aromatic nitrogens is 1. The van der Waals surface area contributed by atoms with E-state index >= 15 is 0 Å². The van der Waals surface area contributed by atoms with E-state index in [2.05, 4.69) is 26.2 Å². The zero-order chi connectivity index (χ0) is 14.4. The molecule has 4 nitrogen and oxygen atoms in total. The van der Waals surface area contributed by atoms with Gasteiger partial charge in [0, 0.05) is 35.5 Å². The molecule has 0 spiro atoms. The van der Waals surface area contributed by atoms with E-state index in [1.165, 1.54) is 0 Å². The molecule has 0 aliphatic rings. The largest absolute Gasteiger partial charge is 0.493 e. The highest BCUT2D eigenvalue weighted by atomic mass is 79.9. The van der Waals surface area contributed by atoms with Gasteiger partial charge in [0.15, 0.2) is 11.5 Å². The zero-order valence-electron chi connectivity index (χ0n) is 11.5. The topological polar surface area (TPSA) is 43.4 Å². The van der Waals surface area contributed by atoms with Gasteiger partial charge < -0.3 is 14.8 Å². The van der Waals surface area contributed by atoms with Crippen molar-refractivity contribution in [3.8, 4) is 11.5 Å². The van der Waals surface area contributed by atoms with Crippen LogP contribution in [0, 0.1) is 0 Å². The fourth-order valence-electron chi connectivity index (χ4n) is 1.97. The second kappa shape index (κ2) is 7.26. The number of hydrogen-bond acceptors (Lipinski definition) is 4. The fourth-order valence-corrected chi connectivity index (χ4v) is 2.42. The number of hydrogen-bond donors (Lipinski definition) is 1. The molecule has 1 heterocycles. The molecule has 0 saturated heterocycles. The van der Waals surface area contributed by atoms with Crippen LogP contribution >= 0.6 is 15.9 Å². The Kier molecular flexibility index (Phi) is 5.38. The van der Waals surface area contributed by atoms with Crippen LogP contribution in [0.5, 0.6) is 11.5 Å². The molecular formula is C15H17BrN2O2. The molecular weight excluding hydrogens is 320 g/mol. The highest BCUT2D eigenvalue weighted by Crippen LogP contribution is 2.35. The third kappa shape index (κ3) is 3.49. The van der Waals surface area contributed by atoms with Crippen molar-refractivity contribution in [1.29, 1.82) is 0 Å². The van der Waals surface area contributed by atoms with E-state index in [9.17, 15) is 0 Å². The first kappa shape index (κ1) is 14.8. The van der Waals surface area contributed by atoms with Crippen LogP contribution in [0.1, 0.15) is 11.1 Å². The van der Waals surface area contributed by atoms with Gasteiger partial charge >= 0.3 is 0 Å². The first-order valence-electron chi connectivity index (χ1n) is 6.25. The average Bonchev–Trinajstić information content (AvgIpc) is 2.49. The molecule has 0 fully saturated rings. The lowest BCUT2D eigenvalue weighted by atomic mass is 10.1. The van der Waals surface area contributed by atoms with E-state index in [1.807, 2.05) is 30.5 Å². The second-order valence-electron chi connectivity index (χ2n) is 4.23. The van der Waals surface area contributed by atoms with Gasteiger partial charge in [-0.2, -0.15) is 0 Å². The summed E-state index contributed by atoms with van der Waals surface area (Å²) in [6, 6.07) is 7.81. The molecule has 1 aromatic carbocycles. The number of ether oxygens (including phenoxy) is 2. The Labute approximate surface area is 127 Å². The molecule has 0 amide bonds. The summed E-state index contributed by atoms with van der Waals surface area (Å²) in [5.74, 6) is 1.48. The molecule has 106 valence electrons. The molecule has 1 aromatic heterocycles. The summed E-state index contributed by atoms with van der Waals surface area (Å²) in [5, 5.41) is 3.38. The van der Waals surface area contributed by atoms with Crippen molar-refractivity contribution in [2.75, 3.05) is 14.2 Å². The summed E-state index contributed by atoms with van der Waals surface area (Å²) in [5.41, 5.74) is 2.18. The number of benzene rings is 1. The lowest BCUT2D eigenvalue weighted by Gasteiger charge is -2.15. The Morgan fingerprint density at radius 2 is 2.00 bits per heavy atom. The minimum atomic E-state index is 0.676. The highest BCUT2D eigenvalue weighted by molar-refractivity contribution is 9.10.